The number of carbonyl (C=O) groups is 2. The summed E-state index contributed by atoms with van der Waals surface area (Å²) < 4.78 is 0. The predicted octanol–water partition coefficient (Wildman–Crippen LogP) is 3.67. The first-order chi connectivity index (χ1) is 10.2. The molecule has 1 saturated heterocycles. The van der Waals surface area contributed by atoms with E-state index in [4.69, 9.17) is 0 Å². The highest BCUT2D eigenvalue weighted by molar-refractivity contribution is 5.84. The summed E-state index contributed by atoms with van der Waals surface area (Å²) in [6, 6.07) is 0. The third kappa shape index (κ3) is 6.64. The molecule has 0 aliphatic carbocycles. The van der Waals surface area contributed by atoms with Gasteiger partial charge in [0, 0.05) is 43.2 Å². The molecule has 0 saturated carbocycles. The van der Waals surface area contributed by atoms with E-state index < -0.39 is 0 Å². The molecule has 0 unspecified atom stereocenters. The van der Waals surface area contributed by atoms with Crippen LogP contribution in [0.5, 0.6) is 0 Å². The van der Waals surface area contributed by atoms with Gasteiger partial charge in [0.05, 0.1) is 0 Å². The summed E-state index contributed by atoms with van der Waals surface area (Å²) in [6.07, 6.45) is 3.62. The van der Waals surface area contributed by atoms with Crippen LogP contribution in [0.25, 0.3) is 0 Å². The third-order valence-electron chi connectivity index (χ3n) is 4.05. The summed E-state index contributed by atoms with van der Waals surface area (Å²) in [6.45, 7) is 11.6. The lowest BCUT2D eigenvalue weighted by Crippen LogP contribution is -2.38. The maximum Gasteiger partial charge on any atom is 0.222 e. The SMILES string of the molecule is CC(C)C#CC1CCN(C(=O)CCCC(=O)C(C)(C)C)CC1. The quantitative estimate of drug-likeness (QED) is 0.743. The molecule has 0 atom stereocenters. The molecule has 3 nitrogen and oxygen atoms in total. The van der Waals surface area contributed by atoms with Crippen molar-refractivity contribution in [3.8, 4) is 11.8 Å². The molecule has 1 aliphatic rings. The molecular formula is C19H31NO2. The molecule has 22 heavy (non-hydrogen) atoms. The van der Waals surface area contributed by atoms with Crippen LogP contribution < -0.4 is 0 Å². The monoisotopic (exact) mass is 305 g/mol. The summed E-state index contributed by atoms with van der Waals surface area (Å²) in [5.41, 5.74) is -0.295. The predicted molar refractivity (Wildman–Crippen MR) is 90.2 cm³/mol. The van der Waals surface area contributed by atoms with Crippen LogP contribution in [0.2, 0.25) is 0 Å². The molecule has 3 heteroatoms. The highest BCUT2D eigenvalue weighted by Gasteiger charge is 2.23. The van der Waals surface area contributed by atoms with Gasteiger partial charge in [0.2, 0.25) is 5.91 Å². The largest absolute Gasteiger partial charge is 0.343 e. The van der Waals surface area contributed by atoms with Crippen LogP contribution in [0.4, 0.5) is 0 Å². The number of ketones is 1. The summed E-state index contributed by atoms with van der Waals surface area (Å²) in [4.78, 5) is 26.0. The van der Waals surface area contributed by atoms with Gasteiger partial charge < -0.3 is 4.90 Å². The Bertz CT molecular complexity index is 440. The normalized spacial score (nSPS) is 16.4. The molecule has 0 aromatic heterocycles. The van der Waals surface area contributed by atoms with Gasteiger partial charge in [-0.25, -0.2) is 0 Å². The van der Waals surface area contributed by atoms with Crippen molar-refractivity contribution in [3.05, 3.63) is 0 Å². The number of piperidine rings is 1. The molecule has 0 aromatic rings. The van der Waals surface area contributed by atoms with Crippen LogP contribution in [0.1, 0.15) is 66.7 Å². The van der Waals surface area contributed by atoms with Crippen molar-refractivity contribution in [2.24, 2.45) is 17.3 Å². The Kier molecular flexibility index (Phi) is 7.13. The zero-order valence-corrected chi connectivity index (χ0v) is 14.9. The zero-order chi connectivity index (χ0) is 16.8. The van der Waals surface area contributed by atoms with E-state index >= 15 is 0 Å². The average molecular weight is 305 g/mol. The van der Waals surface area contributed by atoms with Gasteiger partial charge in [0.1, 0.15) is 5.78 Å². The highest BCUT2D eigenvalue weighted by atomic mass is 16.2. The molecule has 1 amide bonds. The fraction of sp³-hybridized carbons (Fsp3) is 0.789. The van der Waals surface area contributed by atoms with E-state index in [2.05, 4.69) is 25.7 Å². The summed E-state index contributed by atoms with van der Waals surface area (Å²) in [7, 11) is 0. The van der Waals surface area contributed by atoms with Crippen molar-refractivity contribution in [2.75, 3.05) is 13.1 Å². The minimum Gasteiger partial charge on any atom is -0.343 e. The minimum absolute atomic E-state index is 0.192. The van der Waals surface area contributed by atoms with E-state index in [0.29, 0.717) is 31.1 Å². The maximum atomic E-state index is 12.2. The summed E-state index contributed by atoms with van der Waals surface area (Å²) in [5, 5.41) is 0. The molecule has 1 heterocycles. The topological polar surface area (TPSA) is 37.4 Å². The fourth-order valence-electron chi connectivity index (χ4n) is 2.49. The van der Waals surface area contributed by atoms with Gasteiger partial charge in [-0.3, -0.25) is 9.59 Å². The Morgan fingerprint density at radius 3 is 2.23 bits per heavy atom. The molecule has 0 bridgehead atoms. The van der Waals surface area contributed by atoms with Crippen molar-refractivity contribution in [2.45, 2.75) is 66.7 Å². The van der Waals surface area contributed by atoms with Gasteiger partial charge in [-0.2, -0.15) is 0 Å². The Labute approximate surface area is 135 Å². The van der Waals surface area contributed by atoms with Crippen LogP contribution in [-0.2, 0) is 9.59 Å². The van der Waals surface area contributed by atoms with Crippen molar-refractivity contribution < 1.29 is 9.59 Å². The smallest absolute Gasteiger partial charge is 0.222 e. The minimum atomic E-state index is -0.295. The van der Waals surface area contributed by atoms with E-state index in [1.54, 1.807) is 0 Å². The van der Waals surface area contributed by atoms with Crippen LogP contribution in [0, 0.1) is 29.1 Å². The van der Waals surface area contributed by atoms with Gasteiger partial charge in [0.15, 0.2) is 0 Å². The Morgan fingerprint density at radius 1 is 1.14 bits per heavy atom. The first-order valence-corrected chi connectivity index (χ1v) is 8.52. The van der Waals surface area contributed by atoms with E-state index in [1.807, 2.05) is 25.7 Å². The Hall–Kier alpha value is -1.30. The fourth-order valence-corrected chi connectivity index (χ4v) is 2.49. The molecule has 1 fully saturated rings. The van der Waals surface area contributed by atoms with E-state index in [0.717, 1.165) is 25.9 Å². The molecule has 0 aromatic carbocycles. The first kappa shape index (κ1) is 18.7. The zero-order valence-electron chi connectivity index (χ0n) is 14.9. The van der Waals surface area contributed by atoms with Gasteiger partial charge >= 0.3 is 0 Å². The van der Waals surface area contributed by atoms with Gasteiger partial charge in [-0.05, 0) is 19.3 Å². The Morgan fingerprint density at radius 2 is 1.73 bits per heavy atom. The van der Waals surface area contributed by atoms with Crippen LogP contribution in [-0.4, -0.2) is 29.7 Å². The number of hydrogen-bond acceptors (Lipinski definition) is 2. The lowest BCUT2D eigenvalue weighted by Gasteiger charge is -2.30. The number of Topliss-reactive ketones (excluding diaryl/α,β-unsaturated/α-hetero) is 1. The highest BCUT2D eigenvalue weighted by Crippen LogP contribution is 2.20. The second-order valence-corrected chi connectivity index (χ2v) is 7.63. The van der Waals surface area contributed by atoms with Gasteiger partial charge in [-0.1, -0.05) is 40.5 Å². The van der Waals surface area contributed by atoms with Crippen molar-refractivity contribution >= 4 is 11.7 Å². The maximum absolute atomic E-state index is 12.2. The molecule has 0 spiro atoms. The van der Waals surface area contributed by atoms with Crippen LogP contribution >= 0.6 is 0 Å². The standard InChI is InChI=1S/C19H31NO2/c1-15(2)9-10-16-11-13-20(14-12-16)18(22)8-6-7-17(21)19(3,4)5/h15-16H,6-8,11-14H2,1-5H3. The molecule has 1 rings (SSSR count). The lowest BCUT2D eigenvalue weighted by atomic mass is 9.88. The van der Waals surface area contributed by atoms with E-state index in [1.165, 1.54) is 0 Å². The summed E-state index contributed by atoms with van der Waals surface area (Å²) >= 11 is 0. The lowest BCUT2D eigenvalue weighted by molar-refractivity contribution is -0.132. The van der Waals surface area contributed by atoms with E-state index in [-0.39, 0.29) is 17.1 Å². The summed E-state index contributed by atoms with van der Waals surface area (Å²) in [5.74, 6) is 7.84. The number of likely N-dealkylation sites (tertiary alicyclic amines) is 1. The molecule has 0 radical (unpaired) electrons. The van der Waals surface area contributed by atoms with Gasteiger partial charge in [0.25, 0.3) is 0 Å². The number of hydrogen-bond donors (Lipinski definition) is 0. The number of rotatable bonds is 4. The average Bonchev–Trinajstić information content (AvgIpc) is 2.44. The first-order valence-electron chi connectivity index (χ1n) is 8.52. The van der Waals surface area contributed by atoms with Crippen LogP contribution in [0.3, 0.4) is 0 Å². The second kappa shape index (κ2) is 8.36. The number of amides is 1. The number of nitrogens with zero attached hydrogens (tertiary/aromatic N) is 1. The molecular weight excluding hydrogens is 274 g/mol. The molecule has 124 valence electrons. The van der Waals surface area contributed by atoms with Crippen molar-refractivity contribution in [3.63, 3.8) is 0 Å². The second-order valence-electron chi connectivity index (χ2n) is 7.63. The molecule has 1 aliphatic heterocycles. The third-order valence-corrected chi connectivity index (χ3v) is 4.05. The van der Waals surface area contributed by atoms with Crippen LogP contribution in [0.15, 0.2) is 0 Å². The molecule has 0 N–H and O–H groups in total. The van der Waals surface area contributed by atoms with Gasteiger partial charge in [-0.15, -0.1) is 5.92 Å². The number of carbonyl (C=O) groups excluding carboxylic acids is 2. The Balaban J connectivity index is 2.29. The van der Waals surface area contributed by atoms with E-state index in [9.17, 15) is 9.59 Å². The van der Waals surface area contributed by atoms with Crippen molar-refractivity contribution in [1.29, 1.82) is 0 Å². The van der Waals surface area contributed by atoms with Crippen molar-refractivity contribution in [1.82, 2.24) is 4.90 Å².